The average molecular weight is 418 g/mol. The predicted octanol–water partition coefficient (Wildman–Crippen LogP) is 4.05. The zero-order valence-corrected chi connectivity index (χ0v) is 15.8. The normalized spacial score (nSPS) is 18.3. The molecule has 0 radical (unpaired) electrons. The summed E-state index contributed by atoms with van der Waals surface area (Å²) in [4.78, 5) is 27.1. The fourth-order valence-electron chi connectivity index (χ4n) is 4.22. The zero-order valence-electron chi connectivity index (χ0n) is 15.8. The molecular formula is C22H18F4N2O2. The molecule has 1 N–H and O–H groups in total. The smallest absolute Gasteiger partial charge is 0.317 e. The number of amides is 2. The highest BCUT2D eigenvalue weighted by atomic mass is 19.4. The van der Waals surface area contributed by atoms with Gasteiger partial charge in [-0.05, 0) is 67.4 Å². The summed E-state index contributed by atoms with van der Waals surface area (Å²) in [6.07, 6.45) is -1.75. The molecule has 2 aromatic rings. The first-order valence-electron chi connectivity index (χ1n) is 9.48. The number of hydrogen-bond donors (Lipinski definition) is 1. The highest BCUT2D eigenvalue weighted by molar-refractivity contribution is 6.26. The molecule has 2 heterocycles. The number of hydrogen-bond acceptors (Lipinski definition) is 3. The maximum absolute atomic E-state index is 13.9. The molecule has 0 aliphatic carbocycles. The van der Waals surface area contributed by atoms with Crippen LogP contribution in [0.15, 0.2) is 48.5 Å². The fourth-order valence-corrected chi connectivity index (χ4v) is 4.22. The molecule has 156 valence electrons. The molecule has 0 aromatic heterocycles. The Morgan fingerprint density at radius 1 is 1.10 bits per heavy atom. The van der Waals surface area contributed by atoms with Crippen LogP contribution in [0.1, 0.15) is 29.5 Å². The summed E-state index contributed by atoms with van der Waals surface area (Å²) in [5.74, 6) is -1.74. The van der Waals surface area contributed by atoms with Crippen molar-refractivity contribution in [1.82, 2.24) is 5.32 Å². The van der Waals surface area contributed by atoms with Crippen molar-refractivity contribution in [3.05, 3.63) is 71.0 Å². The van der Waals surface area contributed by atoms with Gasteiger partial charge in [0.15, 0.2) is 0 Å². The quantitative estimate of drug-likeness (QED) is 0.591. The Bertz CT molecular complexity index is 1040. The first kappa shape index (κ1) is 20.3. The minimum Gasteiger partial charge on any atom is -0.317 e. The van der Waals surface area contributed by atoms with Crippen LogP contribution >= 0.6 is 0 Å². The second-order valence-electron chi connectivity index (χ2n) is 7.39. The van der Waals surface area contributed by atoms with Gasteiger partial charge >= 0.3 is 6.18 Å². The number of benzene rings is 2. The van der Waals surface area contributed by atoms with Crippen LogP contribution in [0.4, 0.5) is 23.2 Å². The molecule has 1 spiro atoms. The zero-order chi connectivity index (χ0) is 21.5. The van der Waals surface area contributed by atoms with Gasteiger partial charge in [0.25, 0.3) is 5.91 Å². The lowest BCUT2D eigenvalue weighted by Gasteiger charge is -2.32. The summed E-state index contributed by atoms with van der Waals surface area (Å²) in [6.45, 7) is 1.08. The number of fused-ring (bicyclic) bond motifs is 2. The molecule has 2 aromatic carbocycles. The van der Waals surface area contributed by atoms with Gasteiger partial charge in [-0.15, -0.1) is 0 Å². The van der Waals surface area contributed by atoms with Gasteiger partial charge in [-0.25, -0.2) is 9.29 Å². The van der Waals surface area contributed by atoms with Crippen LogP contribution in [0.3, 0.4) is 0 Å². The van der Waals surface area contributed by atoms with Gasteiger partial charge in [0.05, 0.1) is 16.7 Å². The number of nitrogens with zero attached hydrogens (tertiary/aromatic N) is 1. The second kappa shape index (κ2) is 7.36. The summed E-state index contributed by atoms with van der Waals surface area (Å²) < 4.78 is 53.5. The van der Waals surface area contributed by atoms with Gasteiger partial charge in [0.1, 0.15) is 5.82 Å². The third kappa shape index (κ3) is 3.31. The van der Waals surface area contributed by atoms with Crippen LogP contribution in [-0.4, -0.2) is 24.9 Å². The van der Waals surface area contributed by atoms with Crippen molar-refractivity contribution in [2.45, 2.75) is 24.4 Å². The molecule has 0 atom stereocenters. The number of halogens is 4. The third-order valence-corrected chi connectivity index (χ3v) is 5.68. The number of rotatable bonds is 2. The van der Waals surface area contributed by atoms with Gasteiger partial charge < -0.3 is 5.32 Å². The second-order valence-corrected chi connectivity index (χ2v) is 7.39. The van der Waals surface area contributed by atoms with Crippen LogP contribution in [0.2, 0.25) is 0 Å². The first-order chi connectivity index (χ1) is 14.2. The van der Waals surface area contributed by atoms with Crippen molar-refractivity contribution >= 4 is 23.6 Å². The lowest BCUT2D eigenvalue weighted by atomic mass is 9.74. The Balaban J connectivity index is 1.71. The lowest BCUT2D eigenvalue weighted by Crippen LogP contribution is -2.48. The Morgan fingerprint density at radius 2 is 1.80 bits per heavy atom. The number of piperidine rings is 1. The molecule has 2 aliphatic heterocycles. The van der Waals surface area contributed by atoms with E-state index in [2.05, 4.69) is 5.32 Å². The van der Waals surface area contributed by atoms with Crippen molar-refractivity contribution in [2.24, 2.45) is 0 Å². The third-order valence-electron chi connectivity index (χ3n) is 5.68. The molecule has 1 saturated heterocycles. The molecule has 30 heavy (non-hydrogen) atoms. The highest BCUT2D eigenvalue weighted by Crippen LogP contribution is 2.47. The van der Waals surface area contributed by atoms with E-state index in [0.29, 0.717) is 31.5 Å². The monoisotopic (exact) mass is 418 g/mol. The van der Waals surface area contributed by atoms with Crippen LogP contribution in [0.25, 0.3) is 6.08 Å². The summed E-state index contributed by atoms with van der Waals surface area (Å²) in [5.41, 5.74) is -1.33. The van der Waals surface area contributed by atoms with E-state index in [-0.39, 0.29) is 11.3 Å². The molecule has 0 bridgehead atoms. The molecule has 2 aliphatic rings. The Kier molecular flexibility index (Phi) is 4.97. The van der Waals surface area contributed by atoms with Crippen molar-refractivity contribution in [1.29, 1.82) is 0 Å². The maximum Gasteiger partial charge on any atom is 0.416 e. The topological polar surface area (TPSA) is 49.4 Å². The summed E-state index contributed by atoms with van der Waals surface area (Å²) in [5, 5.41) is 3.14. The maximum atomic E-state index is 13.9. The number of carbonyl (C=O) groups excluding carboxylic acids is 2. The molecule has 0 saturated carbocycles. The minimum absolute atomic E-state index is 0.180. The summed E-state index contributed by atoms with van der Waals surface area (Å²) in [6, 6.07) is 8.67. The van der Waals surface area contributed by atoms with E-state index in [1.807, 2.05) is 0 Å². The summed E-state index contributed by atoms with van der Waals surface area (Å²) >= 11 is 0. The predicted molar refractivity (Wildman–Crippen MR) is 103 cm³/mol. The van der Waals surface area contributed by atoms with Crippen LogP contribution < -0.4 is 10.2 Å². The SMILES string of the molecule is O=C(/C=C/c1ccccc1C(F)(F)F)N1C(=O)C2(CCNCC2)c2cc(F)ccc21. The van der Waals surface area contributed by atoms with Gasteiger partial charge in [-0.3, -0.25) is 9.59 Å². The molecule has 4 nitrogen and oxygen atoms in total. The molecule has 0 unspecified atom stereocenters. The van der Waals surface area contributed by atoms with Crippen LogP contribution in [0, 0.1) is 5.82 Å². The van der Waals surface area contributed by atoms with Crippen molar-refractivity contribution in [3.63, 3.8) is 0 Å². The minimum atomic E-state index is -4.57. The van der Waals surface area contributed by atoms with Crippen LogP contribution in [-0.2, 0) is 21.2 Å². The number of alkyl halides is 3. The number of anilines is 1. The van der Waals surface area contributed by atoms with E-state index in [1.54, 1.807) is 0 Å². The molecule has 1 fully saturated rings. The molecular weight excluding hydrogens is 400 g/mol. The largest absolute Gasteiger partial charge is 0.416 e. The van der Waals surface area contributed by atoms with E-state index in [1.165, 1.54) is 30.3 Å². The number of nitrogens with one attached hydrogen (secondary N) is 1. The highest BCUT2D eigenvalue weighted by Gasteiger charge is 2.52. The Morgan fingerprint density at radius 3 is 2.50 bits per heavy atom. The van der Waals surface area contributed by atoms with Crippen molar-refractivity contribution in [3.8, 4) is 0 Å². The fraction of sp³-hybridized carbons (Fsp3) is 0.273. The summed E-state index contributed by atoms with van der Waals surface area (Å²) in [7, 11) is 0. The van der Waals surface area contributed by atoms with E-state index in [4.69, 9.17) is 0 Å². The van der Waals surface area contributed by atoms with Crippen LogP contribution in [0.5, 0.6) is 0 Å². The molecule has 4 rings (SSSR count). The standard InChI is InChI=1S/C22H18F4N2O2/c23-15-6-7-18-17(13-15)21(9-11-27-12-10-21)20(30)28(18)19(29)8-5-14-3-1-2-4-16(14)22(24,25)26/h1-8,13,27H,9-12H2/b8-5+. The molecule has 8 heteroatoms. The Labute approximate surface area is 170 Å². The van der Waals surface area contributed by atoms with Crippen molar-refractivity contribution < 1.29 is 27.2 Å². The van der Waals surface area contributed by atoms with E-state index < -0.39 is 34.8 Å². The van der Waals surface area contributed by atoms with E-state index in [9.17, 15) is 27.2 Å². The van der Waals surface area contributed by atoms with Crippen molar-refractivity contribution in [2.75, 3.05) is 18.0 Å². The number of carbonyl (C=O) groups is 2. The number of imide groups is 1. The van der Waals surface area contributed by atoms with E-state index >= 15 is 0 Å². The van der Waals surface area contributed by atoms with Gasteiger partial charge in [0.2, 0.25) is 5.91 Å². The average Bonchev–Trinajstić information content (AvgIpc) is 2.94. The first-order valence-corrected chi connectivity index (χ1v) is 9.48. The van der Waals surface area contributed by atoms with Gasteiger partial charge in [-0.2, -0.15) is 13.2 Å². The molecule has 2 amide bonds. The van der Waals surface area contributed by atoms with Gasteiger partial charge in [-0.1, -0.05) is 18.2 Å². The van der Waals surface area contributed by atoms with E-state index in [0.717, 1.165) is 29.2 Å². The van der Waals surface area contributed by atoms with Gasteiger partial charge in [0, 0.05) is 6.08 Å². The Hall–Kier alpha value is -3.00. The lowest BCUT2D eigenvalue weighted by molar-refractivity contribution is -0.137.